The first-order valence-corrected chi connectivity index (χ1v) is 7.30. The topological polar surface area (TPSA) is 17.1 Å². The van der Waals surface area contributed by atoms with Crippen LogP contribution in [0.4, 0.5) is 26.3 Å². The normalized spacial score (nSPS) is 12.8. The van der Waals surface area contributed by atoms with Gasteiger partial charge in [0.25, 0.3) is 0 Å². The van der Waals surface area contributed by atoms with Crippen LogP contribution in [0.15, 0.2) is 60.7 Å². The number of hydrogen-bond donors (Lipinski definition) is 0. The Morgan fingerprint density at radius 2 is 0.923 bits per heavy atom. The molecular weight excluding hydrogens is 358 g/mol. The number of carbonyl (C=O) groups is 1. The van der Waals surface area contributed by atoms with Gasteiger partial charge in [-0.1, -0.05) is 36.4 Å². The lowest BCUT2D eigenvalue weighted by Crippen LogP contribution is -2.04. The molecule has 0 aliphatic rings. The number of benzene rings is 2. The van der Waals surface area contributed by atoms with Gasteiger partial charge in [0.2, 0.25) is 0 Å². The van der Waals surface area contributed by atoms with Gasteiger partial charge in [-0.15, -0.1) is 0 Å². The fourth-order valence-corrected chi connectivity index (χ4v) is 1.98. The molecule has 2 rings (SSSR count). The molecule has 0 aliphatic heterocycles. The summed E-state index contributed by atoms with van der Waals surface area (Å²) < 4.78 is 74.7. The van der Waals surface area contributed by atoms with Gasteiger partial charge < -0.3 is 0 Å². The maximum Gasteiger partial charge on any atom is 0.416 e. The van der Waals surface area contributed by atoms with Gasteiger partial charge in [0, 0.05) is 0 Å². The molecule has 0 N–H and O–H groups in total. The lowest BCUT2D eigenvalue weighted by molar-refractivity contribution is -0.138. The molecule has 136 valence electrons. The minimum Gasteiger partial charge on any atom is -0.290 e. The van der Waals surface area contributed by atoms with Crippen molar-refractivity contribution in [3.05, 3.63) is 82.9 Å². The number of carbonyl (C=O) groups excluding carboxylic acids is 1. The SMILES string of the molecule is O=C(C=Cc1ccc(C(F)(F)F)cc1)C=Cc1ccc(C(F)(F)F)cc1. The van der Waals surface area contributed by atoms with E-state index in [4.69, 9.17) is 0 Å². The molecule has 0 saturated heterocycles. The molecule has 0 radical (unpaired) electrons. The number of allylic oxidation sites excluding steroid dienone is 2. The van der Waals surface area contributed by atoms with E-state index in [-0.39, 0.29) is 0 Å². The van der Waals surface area contributed by atoms with E-state index in [2.05, 4.69) is 0 Å². The first-order valence-electron chi connectivity index (χ1n) is 7.30. The molecule has 0 unspecified atom stereocenters. The maximum absolute atomic E-state index is 12.4. The van der Waals surface area contributed by atoms with Crippen LogP contribution in [0.25, 0.3) is 12.2 Å². The number of alkyl halides is 6. The summed E-state index contributed by atoms with van der Waals surface area (Å²) in [4.78, 5) is 11.7. The number of hydrogen-bond acceptors (Lipinski definition) is 1. The first-order chi connectivity index (χ1) is 12.1. The molecule has 2 aromatic rings. The zero-order valence-corrected chi connectivity index (χ0v) is 13.1. The summed E-state index contributed by atoms with van der Waals surface area (Å²) in [7, 11) is 0. The van der Waals surface area contributed by atoms with Crippen LogP contribution in [0.3, 0.4) is 0 Å². The molecule has 0 fully saturated rings. The Morgan fingerprint density at radius 1 is 0.615 bits per heavy atom. The zero-order chi connectivity index (χ0) is 19.4. The van der Waals surface area contributed by atoms with E-state index in [0.29, 0.717) is 11.1 Å². The third-order valence-corrected chi connectivity index (χ3v) is 3.36. The van der Waals surface area contributed by atoms with E-state index in [1.165, 1.54) is 36.4 Å². The van der Waals surface area contributed by atoms with Gasteiger partial charge in [0.05, 0.1) is 11.1 Å². The summed E-state index contributed by atoms with van der Waals surface area (Å²) in [5, 5.41) is 0. The van der Waals surface area contributed by atoms with Crippen molar-refractivity contribution in [2.75, 3.05) is 0 Å². The molecule has 0 atom stereocenters. The van der Waals surface area contributed by atoms with Crippen LogP contribution >= 0.6 is 0 Å². The van der Waals surface area contributed by atoms with E-state index >= 15 is 0 Å². The summed E-state index contributed by atoms with van der Waals surface area (Å²) in [6.07, 6.45) is -3.85. The van der Waals surface area contributed by atoms with E-state index in [9.17, 15) is 31.1 Å². The highest BCUT2D eigenvalue weighted by Crippen LogP contribution is 2.30. The predicted octanol–water partition coefficient (Wildman–Crippen LogP) is 6.02. The van der Waals surface area contributed by atoms with Gasteiger partial charge in [-0.05, 0) is 47.5 Å². The second-order valence-corrected chi connectivity index (χ2v) is 5.31. The van der Waals surface area contributed by atoms with Crippen molar-refractivity contribution in [3.8, 4) is 0 Å². The molecule has 1 nitrogen and oxygen atoms in total. The van der Waals surface area contributed by atoms with Crippen molar-refractivity contribution in [3.63, 3.8) is 0 Å². The molecule has 0 heterocycles. The monoisotopic (exact) mass is 370 g/mol. The van der Waals surface area contributed by atoms with Crippen molar-refractivity contribution in [1.29, 1.82) is 0 Å². The van der Waals surface area contributed by atoms with Crippen LogP contribution in [0, 0.1) is 0 Å². The van der Waals surface area contributed by atoms with Gasteiger partial charge in [0.1, 0.15) is 0 Å². The van der Waals surface area contributed by atoms with Gasteiger partial charge in [0.15, 0.2) is 5.78 Å². The molecule has 0 spiro atoms. The van der Waals surface area contributed by atoms with Crippen molar-refractivity contribution in [2.24, 2.45) is 0 Å². The molecule has 0 saturated carbocycles. The summed E-state index contributed by atoms with van der Waals surface area (Å²) in [5.41, 5.74) is -0.755. The Morgan fingerprint density at radius 3 is 1.19 bits per heavy atom. The highest BCUT2D eigenvalue weighted by Gasteiger charge is 2.30. The number of rotatable bonds is 4. The van der Waals surface area contributed by atoms with Crippen LogP contribution in [-0.4, -0.2) is 5.78 Å². The molecule has 0 aliphatic carbocycles. The molecule has 26 heavy (non-hydrogen) atoms. The molecule has 0 aromatic heterocycles. The Kier molecular flexibility index (Phi) is 5.69. The van der Waals surface area contributed by atoms with Crippen LogP contribution in [-0.2, 0) is 17.1 Å². The maximum atomic E-state index is 12.4. The van der Waals surface area contributed by atoms with Gasteiger partial charge in [-0.2, -0.15) is 26.3 Å². The second kappa shape index (κ2) is 7.59. The predicted molar refractivity (Wildman–Crippen MR) is 86.0 cm³/mol. The van der Waals surface area contributed by atoms with Crippen molar-refractivity contribution in [2.45, 2.75) is 12.4 Å². The van der Waals surface area contributed by atoms with Crippen LogP contribution in [0.1, 0.15) is 22.3 Å². The average Bonchev–Trinajstić information content (AvgIpc) is 2.57. The molecule has 7 heteroatoms. The molecule has 0 amide bonds. The zero-order valence-electron chi connectivity index (χ0n) is 13.1. The Bertz CT molecular complexity index is 740. The Hall–Kier alpha value is -2.83. The lowest BCUT2D eigenvalue weighted by atomic mass is 10.1. The molecule has 2 aromatic carbocycles. The van der Waals surface area contributed by atoms with Crippen molar-refractivity contribution >= 4 is 17.9 Å². The second-order valence-electron chi connectivity index (χ2n) is 5.31. The van der Waals surface area contributed by atoms with E-state index in [1.807, 2.05) is 0 Å². The highest BCUT2D eigenvalue weighted by atomic mass is 19.4. The van der Waals surface area contributed by atoms with Crippen LogP contribution in [0.2, 0.25) is 0 Å². The smallest absolute Gasteiger partial charge is 0.290 e. The lowest BCUT2D eigenvalue weighted by Gasteiger charge is -2.05. The van der Waals surface area contributed by atoms with E-state index in [1.54, 1.807) is 0 Å². The minimum atomic E-state index is -4.43. The standard InChI is InChI=1S/C19H12F6O/c20-18(21,22)15-7-1-13(2-8-15)5-11-17(26)12-6-14-3-9-16(10-4-14)19(23,24)25/h1-12H. The van der Waals surface area contributed by atoms with E-state index in [0.717, 1.165) is 36.4 Å². The van der Waals surface area contributed by atoms with Gasteiger partial charge >= 0.3 is 12.4 Å². The molecular formula is C19H12F6O. The fraction of sp³-hybridized carbons (Fsp3) is 0.105. The van der Waals surface area contributed by atoms with Crippen molar-refractivity contribution in [1.82, 2.24) is 0 Å². The van der Waals surface area contributed by atoms with Crippen LogP contribution in [0.5, 0.6) is 0 Å². The third-order valence-electron chi connectivity index (χ3n) is 3.36. The largest absolute Gasteiger partial charge is 0.416 e. The Labute approximate surface area is 145 Å². The Balaban J connectivity index is 1.99. The number of ketones is 1. The summed E-state index contributed by atoms with van der Waals surface area (Å²) in [5.74, 6) is -0.454. The molecule has 0 bridgehead atoms. The first kappa shape index (κ1) is 19.5. The summed E-state index contributed by atoms with van der Waals surface area (Å²) in [6, 6.07) is 8.53. The third kappa shape index (κ3) is 5.61. The summed E-state index contributed by atoms with van der Waals surface area (Å²) >= 11 is 0. The van der Waals surface area contributed by atoms with Gasteiger partial charge in [-0.3, -0.25) is 4.79 Å². The fourth-order valence-electron chi connectivity index (χ4n) is 1.98. The summed E-state index contributed by atoms with van der Waals surface area (Å²) in [6.45, 7) is 0. The van der Waals surface area contributed by atoms with E-state index < -0.39 is 29.3 Å². The average molecular weight is 370 g/mol. The highest BCUT2D eigenvalue weighted by molar-refractivity contribution is 6.04. The van der Waals surface area contributed by atoms with Crippen molar-refractivity contribution < 1.29 is 31.1 Å². The quantitative estimate of drug-likeness (QED) is 0.475. The number of halogens is 6. The minimum absolute atomic E-state index is 0.411. The van der Waals surface area contributed by atoms with Crippen LogP contribution < -0.4 is 0 Å². The van der Waals surface area contributed by atoms with Gasteiger partial charge in [-0.25, -0.2) is 0 Å².